The van der Waals surface area contributed by atoms with Gasteiger partial charge in [0, 0.05) is 10.5 Å². The third kappa shape index (κ3) is 0.641. The van der Waals surface area contributed by atoms with Gasteiger partial charge in [-0.1, -0.05) is 0 Å². The minimum absolute atomic E-state index is 0.647. The first kappa shape index (κ1) is 5.90. The highest BCUT2D eigenvalue weighted by atomic mass is 32.2. The van der Waals surface area contributed by atoms with Gasteiger partial charge in [0.25, 0.3) is 0 Å². The van der Waals surface area contributed by atoms with Crippen molar-refractivity contribution in [3.05, 3.63) is 0 Å². The van der Waals surface area contributed by atoms with Crippen LogP contribution in [0.4, 0.5) is 0 Å². The highest BCUT2D eigenvalue weighted by Crippen LogP contribution is 2.49. The molecule has 0 saturated carbocycles. The van der Waals surface area contributed by atoms with Crippen molar-refractivity contribution >= 4 is 11.8 Å². The minimum Gasteiger partial charge on any atom is -0.373 e. The van der Waals surface area contributed by atoms with Gasteiger partial charge in [-0.2, -0.15) is 0 Å². The number of ether oxygens (including phenoxy) is 1. The molecule has 0 aromatic heterocycles. The molecule has 4 unspecified atom stereocenters. The Morgan fingerprint density at radius 1 is 0.900 bits per heavy atom. The Balaban J connectivity index is 1.94. The maximum absolute atomic E-state index is 5.86. The maximum Gasteiger partial charge on any atom is 0.0698 e. The molecule has 0 amide bonds. The summed E-state index contributed by atoms with van der Waals surface area (Å²) in [6.07, 6.45) is 6.84. The molecule has 0 spiro atoms. The molecule has 1 nitrogen and oxygen atoms in total. The molecule has 5 heterocycles. The average Bonchev–Trinajstić information content (AvgIpc) is 2.05. The molecule has 4 bridgehead atoms. The second kappa shape index (κ2) is 1.92. The summed E-state index contributed by atoms with van der Waals surface area (Å²) in [4.78, 5) is 0. The van der Waals surface area contributed by atoms with Crippen LogP contribution in [-0.2, 0) is 4.74 Å². The Morgan fingerprint density at radius 2 is 1.50 bits per heavy atom. The lowest BCUT2D eigenvalue weighted by atomic mass is 9.90. The molecule has 5 aliphatic rings. The molecule has 5 aliphatic heterocycles. The smallest absolute Gasteiger partial charge is 0.0698 e. The van der Waals surface area contributed by atoms with Crippen LogP contribution in [0, 0.1) is 0 Å². The van der Waals surface area contributed by atoms with Gasteiger partial charge < -0.3 is 4.74 Å². The molecule has 2 heteroatoms. The highest BCUT2D eigenvalue weighted by Gasteiger charge is 2.46. The molecule has 0 aliphatic carbocycles. The monoisotopic (exact) mass is 156 g/mol. The van der Waals surface area contributed by atoms with Crippen LogP contribution in [-0.4, -0.2) is 22.7 Å². The number of fused-ring (bicyclic) bond motifs is 2. The van der Waals surface area contributed by atoms with Crippen molar-refractivity contribution in [3.8, 4) is 0 Å². The van der Waals surface area contributed by atoms with Crippen LogP contribution in [0.15, 0.2) is 0 Å². The summed E-state index contributed by atoms with van der Waals surface area (Å²) < 4.78 is 5.86. The number of thioether (sulfide) groups is 1. The van der Waals surface area contributed by atoms with Gasteiger partial charge in [-0.05, 0) is 25.7 Å². The number of hydrogen-bond donors (Lipinski definition) is 0. The van der Waals surface area contributed by atoms with Crippen molar-refractivity contribution in [2.24, 2.45) is 0 Å². The Bertz CT molecular complexity index is 125. The van der Waals surface area contributed by atoms with Crippen LogP contribution in [0.5, 0.6) is 0 Å². The van der Waals surface area contributed by atoms with Crippen LogP contribution in [0.2, 0.25) is 0 Å². The van der Waals surface area contributed by atoms with E-state index in [0.717, 1.165) is 10.5 Å². The van der Waals surface area contributed by atoms with E-state index in [4.69, 9.17) is 4.74 Å². The van der Waals surface area contributed by atoms with Gasteiger partial charge in [-0.15, -0.1) is 11.8 Å². The Hall–Kier alpha value is 0.310. The fourth-order valence-electron chi connectivity index (χ4n) is 2.47. The minimum atomic E-state index is 0.647. The lowest BCUT2D eigenvalue weighted by Gasteiger charge is -2.51. The molecule has 0 aromatic rings. The zero-order valence-corrected chi connectivity index (χ0v) is 6.77. The Morgan fingerprint density at radius 3 is 1.80 bits per heavy atom. The van der Waals surface area contributed by atoms with Crippen molar-refractivity contribution in [1.82, 2.24) is 0 Å². The third-order valence-electron chi connectivity index (χ3n) is 3.00. The van der Waals surface area contributed by atoms with Gasteiger partial charge in [0.2, 0.25) is 0 Å². The topological polar surface area (TPSA) is 9.23 Å². The van der Waals surface area contributed by atoms with E-state index in [1.165, 1.54) is 25.7 Å². The molecule has 5 fully saturated rings. The molecule has 5 rings (SSSR count). The third-order valence-corrected chi connectivity index (χ3v) is 4.78. The van der Waals surface area contributed by atoms with E-state index in [-0.39, 0.29) is 0 Å². The summed E-state index contributed by atoms with van der Waals surface area (Å²) >= 11 is 2.21. The molecular formula is C8H12OS. The SMILES string of the molecule is C1CC2SC3CCC2OC13. The molecule has 0 radical (unpaired) electrons. The van der Waals surface area contributed by atoms with Gasteiger partial charge in [0.05, 0.1) is 12.2 Å². The Kier molecular flexibility index (Phi) is 1.13. The standard InChI is InChI=1S/C8H12OS/c1-3-7-6-2-4-8(10-7)5(1)9-6/h5-8H,1-4H2. The second-order valence-corrected chi connectivity index (χ2v) is 5.06. The molecular weight excluding hydrogens is 144 g/mol. The van der Waals surface area contributed by atoms with Crippen LogP contribution < -0.4 is 0 Å². The van der Waals surface area contributed by atoms with Crippen LogP contribution in [0.25, 0.3) is 0 Å². The van der Waals surface area contributed by atoms with Crippen molar-refractivity contribution < 1.29 is 4.74 Å². The largest absolute Gasteiger partial charge is 0.373 e. The lowest BCUT2D eigenvalue weighted by molar-refractivity contribution is -0.0854. The summed E-state index contributed by atoms with van der Waals surface area (Å²) in [5.74, 6) is 0. The van der Waals surface area contributed by atoms with E-state index in [2.05, 4.69) is 11.8 Å². The maximum atomic E-state index is 5.86. The van der Waals surface area contributed by atoms with Crippen molar-refractivity contribution in [2.75, 3.05) is 0 Å². The normalized spacial score (nSPS) is 57.6. The first-order chi connectivity index (χ1) is 4.93. The van der Waals surface area contributed by atoms with Gasteiger partial charge in [-0.3, -0.25) is 0 Å². The average molecular weight is 156 g/mol. The summed E-state index contributed by atoms with van der Waals surface area (Å²) in [7, 11) is 0. The van der Waals surface area contributed by atoms with Gasteiger partial charge >= 0.3 is 0 Å². The lowest BCUT2D eigenvalue weighted by Crippen LogP contribution is -2.53. The van der Waals surface area contributed by atoms with E-state index >= 15 is 0 Å². The summed E-state index contributed by atoms with van der Waals surface area (Å²) in [5, 5.41) is 1.76. The molecule has 4 atom stereocenters. The highest BCUT2D eigenvalue weighted by molar-refractivity contribution is 8.00. The number of hydrogen-bond acceptors (Lipinski definition) is 2. The summed E-state index contributed by atoms with van der Waals surface area (Å²) in [5.41, 5.74) is 0. The van der Waals surface area contributed by atoms with Gasteiger partial charge in [0.15, 0.2) is 0 Å². The fraction of sp³-hybridized carbons (Fsp3) is 1.00. The predicted octanol–water partition coefficient (Wildman–Crippen LogP) is 1.81. The van der Waals surface area contributed by atoms with Crippen LogP contribution >= 0.6 is 11.8 Å². The second-order valence-electron chi connectivity index (χ2n) is 3.58. The van der Waals surface area contributed by atoms with E-state index < -0.39 is 0 Å². The molecule has 0 N–H and O–H groups in total. The van der Waals surface area contributed by atoms with Crippen molar-refractivity contribution in [3.63, 3.8) is 0 Å². The van der Waals surface area contributed by atoms with E-state index in [1.807, 2.05) is 0 Å². The Labute approximate surface area is 65.5 Å². The summed E-state index contributed by atoms with van der Waals surface area (Å²) in [6.45, 7) is 0. The zero-order valence-electron chi connectivity index (χ0n) is 5.95. The molecule has 10 heavy (non-hydrogen) atoms. The van der Waals surface area contributed by atoms with E-state index in [0.29, 0.717) is 12.2 Å². The first-order valence-electron chi connectivity index (χ1n) is 4.24. The summed E-state index contributed by atoms with van der Waals surface area (Å²) in [6, 6.07) is 0. The van der Waals surface area contributed by atoms with E-state index in [9.17, 15) is 0 Å². The van der Waals surface area contributed by atoms with E-state index in [1.54, 1.807) is 0 Å². The molecule has 5 saturated heterocycles. The van der Waals surface area contributed by atoms with Crippen LogP contribution in [0.3, 0.4) is 0 Å². The van der Waals surface area contributed by atoms with Crippen LogP contribution in [0.1, 0.15) is 25.7 Å². The predicted molar refractivity (Wildman–Crippen MR) is 42.3 cm³/mol. The van der Waals surface area contributed by atoms with Gasteiger partial charge in [0.1, 0.15) is 0 Å². The first-order valence-corrected chi connectivity index (χ1v) is 5.19. The fourth-order valence-corrected chi connectivity index (χ4v) is 4.22. The van der Waals surface area contributed by atoms with Crippen molar-refractivity contribution in [2.45, 2.75) is 48.4 Å². The van der Waals surface area contributed by atoms with Gasteiger partial charge in [-0.25, -0.2) is 0 Å². The van der Waals surface area contributed by atoms with Crippen molar-refractivity contribution in [1.29, 1.82) is 0 Å². The molecule has 56 valence electrons. The number of rotatable bonds is 0. The zero-order chi connectivity index (χ0) is 6.55. The molecule has 0 aromatic carbocycles. The quantitative estimate of drug-likeness (QED) is 0.529.